The molecule has 6 heteroatoms. The van der Waals surface area contributed by atoms with Gasteiger partial charge in [0.2, 0.25) is 5.91 Å². The number of hydrogen-bond acceptors (Lipinski definition) is 2. The van der Waals surface area contributed by atoms with Crippen LogP contribution in [0.25, 0.3) is 0 Å². The van der Waals surface area contributed by atoms with Crippen LogP contribution in [0.15, 0.2) is 18.2 Å². The first kappa shape index (κ1) is 14.4. The summed E-state index contributed by atoms with van der Waals surface area (Å²) in [6.07, 6.45) is 1.27. The fourth-order valence-electron chi connectivity index (χ4n) is 2.35. The molecule has 1 aromatic rings. The van der Waals surface area contributed by atoms with Crippen molar-refractivity contribution in [3.05, 3.63) is 35.4 Å². The molecule has 1 aliphatic rings. The molecule has 1 N–H and O–H groups in total. The largest absolute Gasteiger partial charge is 0.353 e. The Balaban J connectivity index is 1.99. The van der Waals surface area contributed by atoms with E-state index in [-0.39, 0.29) is 17.5 Å². The first-order valence-corrected chi connectivity index (χ1v) is 6.49. The topological polar surface area (TPSA) is 49.4 Å². The lowest BCUT2D eigenvalue weighted by Gasteiger charge is -2.32. The number of benzene rings is 1. The summed E-state index contributed by atoms with van der Waals surface area (Å²) in [4.78, 5) is 24.6. The summed E-state index contributed by atoms with van der Waals surface area (Å²) in [6, 6.07) is 2.99. The second kappa shape index (κ2) is 5.98. The van der Waals surface area contributed by atoms with E-state index in [4.69, 9.17) is 0 Å². The quantitative estimate of drug-likeness (QED) is 0.897. The van der Waals surface area contributed by atoms with Gasteiger partial charge in [0.05, 0.1) is 5.56 Å². The van der Waals surface area contributed by atoms with Gasteiger partial charge in [-0.05, 0) is 25.0 Å². The highest BCUT2D eigenvalue weighted by molar-refractivity contribution is 5.94. The molecule has 0 aromatic heterocycles. The third-order valence-electron chi connectivity index (χ3n) is 3.35. The normalized spacial score (nSPS) is 16.1. The molecule has 2 amide bonds. The smallest absolute Gasteiger partial charge is 0.256 e. The van der Waals surface area contributed by atoms with Gasteiger partial charge in [-0.1, -0.05) is 0 Å². The Hall–Kier alpha value is -1.98. The molecule has 1 heterocycles. The summed E-state index contributed by atoms with van der Waals surface area (Å²) in [5.41, 5.74) is -0.121. The zero-order valence-corrected chi connectivity index (χ0v) is 11.2. The SMILES string of the molecule is CC(=O)NC1CCN(C(=O)c2ccc(F)cc2F)CC1. The van der Waals surface area contributed by atoms with Crippen LogP contribution in [0.3, 0.4) is 0 Å². The van der Waals surface area contributed by atoms with Gasteiger partial charge in [-0.25, -0.2) is 8.78 Å². The number of hydrogen-bond donors (Lipinski definition) is 1. The van der Waals surface area contributed by atoms with Gasteiger partial charge in [0.1, 0.15) is 11.6 Å². The Morgan fingerprint density at radius 3 is 2.45 bits per heavy atom. The van der Waals surface area contributed by atoms with Gasteiger partial charge < -0.3 is 10.2 Å². The van der Waals surface area contributed by atoms with Crippen molar-refractivity contribution < 1.29 is 18.4 Å². The molecule has 1 aromatic carbocycles. The average molecular weight is 282 g/mol. The molecule has 0 aliphatic carbocycles. The molecule has 0 saturated carbocycles. The zero-order valence-electron chi connectivity index (χ0n) is 11.2. The van der Waals surface area contributed by atoms with E-state index in [1.165, 1.54) is 11.8 Å². The van der Waals surface area contributed by atoms with Gasteiger partial charge >= 0.3 is 0 Å². The summed E-state index contributed by atoms with van der Waals surface area (Å²) in [5, 5.41) is 2.80. The predicted octanol–water partition coefficient (Wildman–Crippen LogP) is 1.71. The number of carbonyl (C=O) groups is 2. The maximum Gasteiger partial charge on any atom is 0.256 e. The van der Waals surface area contributed by atoms with Crippen LogP contribution in [-0.4, -0.2) is 35.8 Å². The summed E-state index contributed by atoms with van der Waals surface area (Å²) in [7, 11) is 0. The van der Waals surface area contributed by atoms with Crippen molar-refractivity contribution in [3.63, 3.8) is 0 Å². The molecule has 1 aliphatic heterocycles. The van der Waals surface area contributed by atoms with Crippen LogP contribution in [0.5, 0.6) is 0 Å². The average Bonchev–Trinajstić information content (AvgIpc) is 2.38. The first-order valence-electron chi connectivity index (χ1n) is 6.49. The van der Waals surface area contributed by atoms with Gasteiger partial charge in [0, 0.05) is 32.1 Å². The first-order chi connectivity index (χ1) is 9.47. The highest BCUT2D eigenvalue weighted by Crippen LogP contribution is 2.16. The molecular weight excluding hydrogens is 266 g/mol. The molecule has 2 rings (SSSR count). The molecule has 1 saturated heterocycles. The van der Waals surface area contributed by atoms with Crippen molar-refractivity contribution in [3.8, 4) is 0 Å². The second-order valence-corrected chi connectivity index (χ2v) is 4.89. The molecule has 1 fully saturated rings. The highest BCUT2D eigenvalue weighted by atomic mass is 19.1. The van der Waals surface area contributed by atoms with E-state index in [0.717, 1.165) is 12.1 Å². The third-order valence-corrected chi connectivity index (χ3v) is 3.35. The summed E-state index contributed by atoms with van der Waals surface area (Å²) >= 11 is 0. The molecule has 0 spiro atoms. The molecule has 0 atom stereocenters. The molecule has 0 bridgehead atoms. The van der Waals surface area contributed by atoms with Crippen LogP contribution < -0.4 is 5.32 Å². The van der Waals surface area contributed by atoms with Crippen molar-refractivity contribution in [2.24, 2.45) is 0 Å². The number of rotatable bonds is 2. The third kappa shape index (κ3) is 3.31. The van der Waals surface area contributed by atoms with Gasteiger partial charge in [0.15, 0.2) is 0 Å². The monoisotopic (exact) mass is 282 g/mol. The summed E-state index contributed by atoms with van der Waals surface area (Å²) in [6.45, 7) is 2.34. The number of halogens is 2. The van der Waals surface area contributed by atoms with Crippen molar-refractivity contribution in [1.29, 1.82) is 0 Å². The minimum absolute atomic E-state index is 0.0506. The van der Waals surface area contributed by atoms with E-state index >= 15 is 0 Å². The van der Waals surface area contributed by atoms with E-state index in [1.807, 2.05) is 0 Å². The minimum atomic E-state index is -0.848. The van der Waals surface area contributed by atoms with Crippen LogP contribution in [0.4, 0.5) is 8.78 Å². The van der Waals surface area contributed by atoms with Gasteiger partial charge in [0.25, 0.3) is 5.91 Å². The molecule has 0 unspecified atom stereocenters. The fourth-order valence-corrected chi connectivity index (χ4v) is 2.35. The number of amides is 2. The van der Waals surface area contributed by atoms with Crippen LogP contribution in [-0.2, 0) is 4.79 Å². The van der Waals surface area contributed by atoms with E-state index in [2.05, 4.69) is 5.32 Å². The molecular formula is C14H16F2N2O2. The van der Waals surface area contributed by atoms with Crippen LogP contribution in [0.2, 0.25) is 0 Å². The van der Waals surface area contributed by atoms with E-state index in [9.17, 15) is 18.4 Å². The zero-order chi connectivity index (χ0) is 14.7. The number of piperidine rings is 1. The Labute approximate surface area is 115 Å². The lowest BCUT2D eigenvalue weighted by atomic mass is 10.0. The Morgan fingerprint density at radius 1 is 1.25 bits per heavy atom. The lowest BCUT2D eigenvalue weighted by molar-refractivity contribution is -0.119. The fraction of sp³-hybridized carbons (Fsp3) is 0.429. The van der Waals surface area contributed by atoms with E-state index in [0.29, 0.717) is 32.0 Å². The van der Waals surface area contributed by atoms with Crippen LogP contribution in [0, 0.1) is 11.6 Å². The molecule has 20 heavy (non-hydrogen) atoms. The minimum Gasteiger partial charge on any atom is -0.353 e. The Morgan fingerprint density at radius 2 is 1.90 bits per heavy atom. The van der Waals surface area contributed by atoms with Crippen molar-refractivity contribution in [1.82, 2.24) is 10.2 Å². The van der Waals surface area contributed by atoms with Crippen LogP contribution >= 0.6 is 0 Å². The molecule has 4 nitrogen and oxygen atoms in total. The molecule has 108 valence electrons. The van der Waals surface area contributed by atoms with E-state index in [1.54, 1.807) is 0 Å². The number of nitrogens with one attached hydrogen (secondary N) is 1. The van der Waals surface area contributed by atoms with Crippen LogP contribution in [0.1, 0.15) is 30.1 Å². The predicted molar refractivity (Wildman–Crippen MR) is 69.1 cm³/mol. The number of carbonyl (C=O) groups excluding carboxylic acids is 2. The summed E-state index contributed by atoms with van der Waals surface area (Å²) < 4.78 is 26.4. The highest BCUT2D eigenvalue weighted by Gasteiger charge is 2.25. The van der Waals surface area contributed by atoms with Gasteiger partial charge in [-0.3, -0.25) is 9.59 Å². The Bertz CT molecular complexity index is 526. The standard InChI is InChI=1S/C14H16F2N2O2/c1-9(19)17-11-4-6-18(7-5-11)14(20)12-3-2-10(15)8-13(12)16/h2-3,8,11H,4-7H2,1H3,(H,17,19). The molecule has 0 radical (unpaired) electrons. The second-order valence-electron chi connectivity index (χ2n) is 4.89. The van der Waals surface area contributed by atoms with Crippen molar-refractivity contribution >= 4 is 11.8 Å². The lowest BCUT2D eigenvalue weighted by Crippen LogP contribution is -2.46. The van der Waals surface area contributed by atoms with Crippen molar-refractivity contribution in [2.45, 2.75) is 25.8 Å². The Kier molecular flexibility index (Phi) is 4.32. The van der Waals surface area contributed by atoms with Gasteiger partial charge in [-0.2, -0.15) is 0 Å². The van der Waals surface area contributed by atoms with E-state index < -0.39 is 17.5 Å². The van der Waals surface area contributed by atoms with Crippen molar-refractivity contribution in [2.75, 3.05) is 13.1 Å². The maximum absolute atomic E-state index is 13.6. The van der Waals surface area contributed by atoms with Gasteiger partial charge in [-0.15, -0.1) is 0 Å². The maximum atomic E-state index is 13.6. The number of nitrogens with zero attached hydrogens (tertiary/aromatic N) is 1. The number of likely N-dealkylation sites (tertiary alicyclic amines) is 1. The summed E-state index contributed by atoms with van der Waals surface area (Å²) in [5.74, 6) is -2.09.